The van der Waals surface area contributed by atoms with E-state index < -0.39 is 0 Å². The summed E-state index contributed by atoms with van der Waals surface area (Å²) >= 11 is 0. The van der Waals surface area contributed by atoms with Gasteiger partial charge in [-0.25, -0.2) is 0 Å². The molecule has 0 saturated heterocycles. The molecule has 1 aromatic heterocycles. The number of hydrogen-bond acceptors (Lipinski definition) is 3. The van der Waals surface area contributed by atoms with Crippen LogP contribution in [0.1, 0.15) is 12.0 Å². The Bertz CT molecular complexity index is 646. The largest absolute Gasteiger partial charge is 0.508 e. The fourth-order valence-electron chi connectivity index (χ4n) is 2.58. The van der Waals surface area contributed by atoms with E-state index in [1.54, 1.807) is 18.2 Å². The Kier molecular flexibility index (Phi) is 2.11. The maximum absolute atomic E-state index is 12.0. The van der Waals surface area contributed by atoms with Crippen molar-refractivity contribution < 1.29 is 5.11 Å². The molecule has 1 aliphatic rings. The minimum atomic E-state index is -0.00950. The number of nitrogens with one attached hydrogen (secondary N) is 1. The van der Waals surface area contributed by atoms with Gasteiger partial charge in [0.15, 0.2) is 0 Å². The maximum Gasteiger partial charge on any atom is 0.253 e. The molecule has 0 amide bonds. The first-order valence-electron chi connectivity index (χ1n) is 5.76. The normalized spacial score (nSPS) is 15.0. The summed E-state index contributed by atoms with van der Waals surface area (Å²) in [5.74, 6) is 0.228. The van der Waals surface area contributed by atoms with Gasteiger partial charge in [-0.15, -0.1) is 0 Å². The molecule has 2 aromatic rings. The van der Waals surface area contributed by atoms with E-state index in [9.17, 15) is 9.90 Å². The number of benzene rings is 1. The van der Waals surface area contributed by atoms with Gasteiger partial charge in [0.25, 0.3) is 5.56 Å². The van der Waals surface area contributed by atoms with E-state index in [-0.39, 0.29) is 11.3 Å². The van der Waals surface area contributed by atoms with E-state index in [0.29, 0.717) is 0 Å². The summed E-state index contributed by atoms with van der Waals surface area (Å²) in [6, 6.07) is 5.05. The fourth-order valence-corrected chi connectivity index (χ4v) is 2.58. The zero-order valence-corrected chi connectivity index (χ0v) is 9.66. The van der Waals surface area contributed by atoms with E-state index in [1.807, 2.05) is 7.05 Å². The van der Waals surface area contributed by atoms with Crippen molar-refractivity contribution in [3.63, 3.8) is 0 Å². The van der Waals surface area contributed by atoms with Crippen molar-refractivity contribution in [3.8, 4) is 5.75 Å². The predicted octanol–water partition coefficient (Wildman–Crippen LogP) is 1.62. The summed E-state index contributed by atoms with van der Waals surface area (Å²) in [5.41, 5.74) is 2.56. The summed E-state index contributed by atoms with van der Waals surface area (Å²) in [4.78, 5) is 16.9. The lowest BCUT2D eigenvalue weighted by Crippen LogP contribution is -2.30. The number of phenolic OH excluding ortho intramolecular Hbond substituents is 1. The Morgan fingerprint density at radius 3 is 3.06 bits per heavy atom. The Labute approximate surface area is 98.5 Å². The summed E-state index contributed by atoms with van der Waals surface area (Å²) in [7, 11) is 1.99. The summed E-state index contributed by atoms with van der Waals surface area (Å²) in [6.45, 7) is 0.946. The topological polar surface area (TPSA) is 56.3 Å². The van der Waals surface area contributed by atoms with Crippen molar-refractivity contribution >= 4 is 16.6 Å². The van der Waals surface area contributed by atoms with E-state index in [1.165, 1.54) is 0 Å². The van der Waals surface area contributed by atoms with Crippen molar-refractivity contribution in [3.05, 3.63) is 34.1 Å². The van der Waals surface area contributed by atoms with Crippen LogP contribution in [0.4, 0.5) is 5.69 Å². The number of rotatable bonds is 0. The number of aromatic nitrogens is 1. The van der Waals surface area contributed by atoms with Crippen molar-refractivity contribution in [2.75, 3.05) is 18.5 Å². The molecule has 1 aliphatic heterocycles. The second-order valence-electron chi connectivity index (χ2n) is 4.54. The van der Waals surface area contributed by atoms with Crippen molar-refractivity contribution in [1.82, 2.24) is 4.98 Å². The first-order valence-corrected chi connectivity index (χ1v) is 5.76. The lowest BCUT2D eigenvalue weighted by Gasteiger charge is -2.28. The molecule has 0 saturated carbocycles. The van der Waals surface area contributed by atoms with E-state index >= 15 is 0 Å². The quantitative estimate of drug-likeness (QED) is 0.723. The third kappa shape index (κ3) is 1.48. The van der Waals surface area contributed by atoms with Crippen LogP contribution in [-0.4, -0.2) is 23.7 Å². The highest BCUT2D eigenvalue weighted by atomic mass is 16.3. The molecule has 0 aliphatic carbocycles. The number of pyridine rings is 1. The number of fused-ring (bicyclic) bond motifs is 3. The number of H-pyrrole nitrogens is 1. The Balaban J connectivity index is 2.45. The maximum atomic E-state index is 12.0. The molecular formula is C13H14N2O2. The van der Waals surface area contributed by atoms with Gasteiger partial charge >= 0.3 is 0 Å². The van der Waals surface area contributed by atoms with Gasteiger partial charge in [-0.1, -0.05) is 0 Å². The third-order valence-electron chi connectivity index (χ3n) is 3.37. The molecule has 2 N–H and O–H groups in total. The number of aromatic hydroxyl groups is 1. The molecule has 88 valence electrons. The van der Waals surface area contributed by atoms with E-state index in [4.69, 9.17) is 0 Å². The SMILES string of the molecule is CN1CCCc2c1c1cc(O)ccc1[nH]c2=O. The van der Waals surface area contributed by atoms with Crippen LogP contribution in [0.3, 0.4) is 0 Å². The average molecular weight is 230 g/mol. The fraction of sp³-hybridized carbons (Fsp3) is 0.308. The zero-order valence-electron chi connectivity index (χ0n) is 9.66. The van der Waals surface area contributed by atoms with Gasteiger partial charge in [0, 0.05) is 24.5 Å². The van der Waals surface area contributed by atoms with Crippen molar-refractivity contribution in [1.29, 1.82) is 0 Å². The van der Waals surface area contributed by atoms with Crippen LogP contribution in [0.15, 0.2) is 23.0 Å². The third-order valence-corrected chi connectivity index (χ3v) is 3.37. The van der Waals surface area contributed by atoms with Gasteiger partial charge in [0.05, 0.1) is 11.2 Å². The number of hydrogen-bond donors (Lipinski definition) is 2. The minimum Gasteiger partial charge on any atom is -0.508 e. The Hall–Kier alpha value is -1.97. The van der Waals surface area contributed by atoms with Gasteiger partial charge < -0.3 is 15.0 Å². The highest BCUT2D eigenvalue weighted by Gasteiger charge is 2.20. The molecule has 0 spiro atoms. The lowest BCUT2D eigenvalue weighted by molar-refractivity contribution is 0.476. The van der Waals surface area contributed by atoms with Gasteiger partial charge in [0.1, 0.15) is 5.75 Å². The number of phenols is 1. The van der Waals surface area contributed by atoms with Crippen LogP contribution >= 0.6 is 0 Å². The molecule has 4 nitrogen and oxygen atoms in total. The van der Waals surface area contributed by atoms with Gasteiger partial charge in [-0.3, -0.25) is 4.79 Å². The summed E-state index contributed by atoms with van der Waals surface area (Å²) in [6.07, 6.45) is 1.80. The Morgan fingerprint density at radius 2 is 2.24 bits per heavy atom. The molecule has 4 heteroatoms. The Morgan fingerprint density at radius 1 is 1.41 bits per heavy atom. The minimum absolute atomic E-state index is 0.00950. The average Bonchev–Trinajstić information content (AvgIpc) is 2.30. The molecule has 0 radical (unpaired) electrons. The highest BCUT2D eigenvalue weighted by molar-refractivity contribution is 5.94. The molecule has 0 unspecified atom stereocenters. The van der Waals surface area contributed by atoms with Crippen LogP contribution in [0.5, 0.6) is 5.75 Å². The molecule has 0 fully saturated rings. The summed E-state index contributed by atoms with van der Waals surface area (Å²) in [5, 5.41) is 10.5. The smallest absolute Gasteiger partial charge is 0.253 e. The number of anilines is 1. The molecule has 0 atom stereocenters. The van der Waals surface area contributed by atoms with E-state index in [2.05, 4.69) is 9.88 Å². The monoisotopic (exact) mass is 230 g/mol. The van der Waals surface area contributed by atoms with Crippen LogP contribution in [0.2, 0.25) is 0 Å². The van der Waals surface area contributed by atoms with Crippen LogP contribution < -0.4 is 10.5 Å². The zero-order chi connectivity index (χ0) is 12.0. The number of nitrogens with zero attached hydrogens (tertiary/aromatic N) is 1. The van der Waals surface area contributed by atoms with Gasteiger partial charge in [-0.2, -0.15) is 0 Å². The van der Waals surface area contributed by atoms with Crippen LogP contribution in [-0.2, 0) is 6.42 Å². The van der Waals surface area contributed by atoms with Gasteiger partial charge in [0.2, 0.25) is 0 Å². The molecule has 3 rings (SSSR count). The predicted molar refractivity (Wildman–Crippen MR) is 67.8 cm³/mol. The lowest BCUT2D eigenvalue weighted by atomic mass is 10.00. The number of aromatic amines is 1. The van der Waals surface area contributed by atoms with Crippen LogP contribution in [0.25, 0.3) is 10.9 Å². The standard InChI is InChI=1S/C13H14N2O2/c1-15-6-2-3-9-12(15)10-7-8(16)4-5-11(10)14-13(9)17/h4-5,7,16H,2-3,6H2,1H3,(H,14,17). The highest BCUT2D eigenvalue weighted by Crippen LogP contribution is 2.32. The molecule has 0 bridgehead atoms. The van der Waals surface area contributed by atoms with Crippen LogP contribution in [0, 0.1) is 0 Å². The molecule has 1 aromatic carbocycles. The van der Waals surface area contributed by atoms with Crippen molar-refractivity contribution in [2.24, 2.45) is 0 Å². The van der Waals surface area contributed by atoms with E-state index in [0.717, 1.165) is 41.5 Å². The van der Waals surface area contributed by atoms with Crippen molar-refractivity contribution in [2.45, 2.75) is 12.8 Å². The molecule has 17 heavy (non-hydrogen) atoms. The molecular weight excluding hydrogens is 216 g/mol. The van der Waals surface area contributed by atoms with Gasteiger partial charge in [-0.05, 0) is 31.0 Å². The second-order valence-corrected chi connectivity index (χ2v) is 4.54. The first-order chi connectivity index (χ1) is 8.16. The first kappa shape index (κ1) is 10.2. The molecule has 2 heterocycles. The second kappa shape index (κ2) is 3.52. The summed E-state index contributed by atoms with van der Waals surface area (Å²) < 4.78 is 0.